The van der Waals surface area contributed by atoms with Crippen LogP contribution in [0.2, 0.25) is 0 Å². The van der Waals surface area contributed by atoms with Crippen LogP contribution in [0.3, 0.4) is 0 Å². The van der Waals surface area contributed by atoms with Crippen molar-refractivity contribution < 1.29 is 28.9 Å². The molecular weight excluding hydrogens is 422 g/mol. The van der Waals surface area contributed by atoms with E-state index in [-0.39, 0.29) is 19.6 Å². The SMILES string of the molecule is COC(=O)[C@H](Cc1ccc(OCc2ccccc2)cc1CO)NC(=O)OCc1ccccc1. The number of alkyl carbamates (subject to hydrolysis) is 1. The molecule has 0 saturated heterocycles. The van der Waals surface area contributed by atoms with Crippen molar-refractivity contribution in [3.8, 4) is 5.75 Å². The fraction of sp³-hybridized carbons (Fsp3) is 0.231. The van der Waals surface area contributed by atoms with Gasteiger partial charge in [0.15, 0.2) is 0 Å². The first-order chi connectivity index (χ1) is 16.1. The van der Waals surface area contributed by atoms with E-state index in [4.69, 9.17) is 14.2 Å². The quantitative estimate of drug-likeness (QED) is 0.458. The fourth-order valence-corrected chi connectivity index (χ4v) is 3.24. The van der Waals surface area contributed by atoms with Gasteiger partial charge in [-0.05, 0) is 34.4 Å². The molecule has 3 aromatic carbocycles. The van der Waals surface area contributed by atoms with E-state index in [2.05, 4.69) is 5.32 Å². The Morgan fingerprint density at radius 3 is 2.12 bits per heavy atom. The third kappa shape index (κ3) is 7.36. The second-order valence-electron chi connectivity index (χ2n) is 7.35. The lowest BCUT2D eigenvalue weighted by Gasteiger charge is -2.18. The predicted molar refractivity (Wildman–Crippen MR) is 122 cm³/mol. The van der Waals surface area contributed by atoms with Crippen LogP contribution in [0.15, 0.2) is 78.9 Å². The lowest BCUT2D eigenvalue weighted by molar-refractivity contribution is -0.143. The smallest absolute Gasteiger partial charge is 0.408 e. The van der Waals surface area contributed by atoms with Gasteiger partial charge in [0.2, 0.25) is 0 Å². The molecule has 1 amide bonds. The highest BCUT2D eigenvalue weighted by Crippen LogP contribution is 2.21. The van der Waals surface area contributed by atoms with Crippen molar-refractivity contribution in [2.75, 3.05) is 7.11 Å². The van der Waals surface area contributed by atoms with E-state index in [9.17, 15) is 14.7 Å². The van der Waals surface area contributed by atoms with Crippen LogP contribution in [0.1, 0.15) is 22.3 Å². The zero-order chi connectivity index (χ0) is 23.5. The normalized spacial score (nSPS) is 11.3. The van der Waals surface area contributed by atoms with Gasteiger partial charge in [0, 0.05) is 6.42 Å². The van der Waals surface area contributed by atoms with E-state index in [1.54, 1.807) is 18.2 Å². The molecule has 0 fully saturated rings. The Kier molecular flexibility index (Phi) is 8.85. The first-order valence-electron chi connectivity index (χ1n) is 10.5. The number of methoxy groups -OCH3 is 1. The third-order valence-electron chi connectivity index (χ3n) is 5.01. The summed E-state index contributed by atoms with van der Waals surface area (Å²) in [6.45, 7) is 0.227. The maximum Gasteiger partial charge on any atom is 0.408 e. The molecule has 0 heterocycles. The molecule has 3 aromatic rings. The summed E-state index contributed by atoms with van der Waals surface area (Å²) in [6.07, 6.45) is -0.607. The van der Waals surface area contributed by atoms with Gasteiger partial charge in [-0.1, -0.05) is 66.7 Å². The Labute approximate surface area is 192 Å². The molecule has 33 heavy (non-hydrogen) atoms. The van der Waals surface area contributed by atoms with E-state index in [0.29, 0.717) is 23.5 Å². The van der Waals surface area contributed by atoms with E-state index in [0.717, 1.165) is 11.1 Å². The average molecular weight is 450 g/mol. The van der Waals surface area contributed by atoms with Gasteiger partial charge in [-0.3, -0.25) is 0 Å². The summed E-state index contributed by atoms with van der Waals surface area (Å²) in [5.74, 6) is -0.0172. The van der Waals surface area contributed by atoms with Crippen LogP contribution in [0.5, 0.6) is 5.75 Å². The third-order valence-corrected chi connectivity index (χ3v) is 5.01. The van der Waals surface area contributed by atoms with E-state index in [1.807, 2.05) is 60.7 Å². The van der Waals surface area contributed by atoms with Gasteiger partial charge in [0.05, 0.1) is 13.7 Å². The summed E-state index contributed by atoms with van der Waals surface area (Å²) < 4.78 is 15.9. The number of carbonyl (C=O) groups is 2. The number of aliphatic hydroxyl groups excluding tert-OH is 1. The Hall–Kier alpha value is -3.84. The summed E-state index contributed by atoms with van der Waals surface area (Å²) >= 11 is 0. The zero-order valence-corrected chi connectivity index (χ0v) is 18.4. The predicted octanol–water partition coefficient (Wildman–Crippen LogP) is 3.77. The van der Waals surface area contributed by atoms with Gasteiger partial charge in [0.1, 0.15) is 25.0 Å². The van der Waals surface area contributed by atoms with Crippen molar-refractivity contribution in [1.29, 1.82) is 0 Å². The Bertz CT molecular complexity index is 1040. The molecule has 0 aliphatic heterocycles. The van der Waals surface area contributed by atoms with Gasteiger partial charge in [0.25, 0.3) is 0 Å². The molecule has 0 radical (unpaired) electrons. The molecule has 0 unspecified atom stereocenters. The summed E-state index contributed by atoms with van der Waals surface area (Å²) in [4.78, 5) is 24.5. The zero-order valence-electron chi connectivity index (χ0n) is 18.4. The molecule has 0 spiro atoms. The number of esters is 1. The number of hydrogen-bond acceptors (Lipinski definition) is 6. The van der Waals surface area contributed by atoms with Crippen molar-refractivity contribution in [2.24, 2.45) is 0 Å². The molecule has 0 aliphatic rings. The molecule has 2 N–H and O–H groups in total. The van der Waals surface area contributed by atoms with E-state index in [1.165, 1.54) is 7.11 Å². The highest BCUT2D eigenvalue weighted by atomic mass is 16.6. The molecular formula is C26H27NO6. The highest BCUT2D eigenvalue weighted by molar-refractivity contribution is 5.81. The molecule has 7 nitrogen and oxygen atoms in total. The number of aliphatic hydroxyl groups is 1. The van der Waals surface area contributed by atoms with E-state index < -0.39 is 18.1 Å². The topological polar surface area (TPSA) is 94.1 Å². The molecule has 0 aromatic heterocycles. The summed E-state index contributed by atoms with van der Waals surface area (Å²) in [7, 11) is 1.25. The summed E-state index contributed by atoms with van der Waals surface area (Å²) in [6, 6.07) is 23.2. The standard InChI is InChI=1S/C26H27NO6/c1-31-25(29)24(27-26(30)33-18-20-10-6-3-7-11-20)15-21-12-13-23(14-22(21)16-28)32-17-19-8-4-2-5-9-19/h2-14,24,28H,15-18H2,1H3,(H,27,30)/t24-/m0/s1. The second-order valence-corrected chi connectivity index (χ2v) is 7.35. The molecule has 1 atom stereocenters. The van der Waals surface area contributed by atoms with Gasteiger partial charge < -0.3 is 24.6 Å². The Morgan fingerprint density at radius 1 is 0.879 bits per heavy atom. The average Bonchev–Trinajstić information content (AvgIpc) is 2.87. The second kappa shape index (κ2) is 12.3. The van der Waals surface area contributed by atoms with Crippen molar-refractivity contribution >= 4 is 12.1 Å². The number of nitrogens with one attached hydrogen (secondary N) is 1. The highest BCUT2D eigenvalue weighted by Gasteiger charge is 2.24. The van der Waals surface area contributed by atoms with Crippen LogP contribution in [-0.4, -0.2) is 30.3 Å². The summed E-state index contributed by atoms with van der Waals surface area (Å²) in [5.41, 5.74) is 3.13. The van der Waals surface area contributed by atoms with E-state index >= 15 is 0 Å². The van der Waals surface area contributed by atoms with Crippen molar-refractivity contribution in [2.45, 2.75) is 32.3 Å². The van der Waals surface area contributed by atoms with Crippen LogP contribution in [0.25, 0.3) is 0 Å². The van der Waals surface area contributed by atoms with Gasteiger partial charge in [-0.25, -0.2) is 9.59 Å². The molecule has 7 heteroatoms. The van der Waals surface area contributed by atoms with Crippen LogP contribution in [-0.2, 0) is 40.5 Å². The maximum absolute atomic E-state index is 12.3. The van der Waals surface area contributed by atoms with Crippen LogP contribution in [0, 0.1) is 0 Å². The lowest BCUT2D eigenvalue weighted by Crippen LogP contribution is -2.43. The number of amides is 1. The lowest BCUT2D eigenvalue weighted by atomic mass is 10.00. The molecule has 0 bridgehead atoms. The van der Waals surface area contributed by atoms with Gasteiger partial charge in [-0.15, -0.1) is 0 Å². The minimum Gasteiger partial charge on any atom is -0.489 e. The first-order valence-corrected chi connectivity index (χ1v) is 10.5. The molecule has 3 rings (SSSR count). The summed E-state index contributed by atoms with van der Waals surface area (Å²) in [5, 5.41) is 12.4. The van der Waals surface area contributed by atoms with Crippen LogP contribution < -0.4 is 10.1 Å². The minimum absolute atomic E-state index is 0.0793. The number of rotatable bonds is 10. The van der Waals surface area contributed by atoms with Gasteiger partial charge in [-0.2, -0.15) is 0 Å². The Balaban J connectivity index is 1.63. The van der Waals surface area contributed by atoms with Crippen LogP contribution >= 0.6 is 0 Å². The van der Waals surface area contributed by atoms with Crippen molar-refractivity contribution in [3.05, 3.63) is 101 Å². The number of ether oxygens (including phenoxy) is 3. The van der Waals surface area contributed by atoms with Gasteiger partial charge >= 0.3 is 12.1 Å². The number of hydrogen-bond donors (Lipinski definition) is 2. The van der Waals surface area contributed by atoms with Crippen molar-refractivity contribution in [1.82, 2.24) is 5.32 Å². The van der Waals surface area contributed by atoms with Crippen LogP contribution in [0.4, 0.5) is 4.79 Å². The minimum atomic E-state index is -0.973. The monoisotopic (exact) mass is 449 g/mol. The largest absolute Gasteiger partial charge is 0.489 e. The molecule has 0 aliphatic carbocycles. The number of carbonyl (C=O) groups excluding carboxylic acids is 2. The Morgan fingerprint density at radius 2 is 1.52 bits per heavy atom. The first kappa shape index (κ1) is 23.8. The maximum atomic E-state index is 12.3. The van der Waals surface area contributed by atoms with Crippen molar-refractivity contribution in [3.63, 3.8) is 0 Å². The fourth-order valence-electron chi connectivity index (χ4n) is 3.24. The molecule has 0 saturated carbocycles. The molecule has 172 valence electrons. The number of benzene rings is 3.